The second-order valence-corrected chi connectivity index (χ2v) is 5.45. The molecule has 1 aromatic carbocycles. The number of methoxy groups -OCH3 is 2. The molecule has 1 aliphatic rings. The van der Waals surface area contributed by atoms with E-state index in [1.54, 1.807) is 14.2 Å². The quantitative estimate of drug-likeness (QED) is 0.851. The van der Waals surface area contributed by atoms with Crippen LogP contribution in [-0.2, 0) is 0 Å². The van der Waals surface area contributed by atoms with Gasteiger partial charge in [-0.05, 0) is 36.5 Å². The average Bonchev–Trinajstić information content (AvgIpc) is 2.97. The molecular weight excluding hydrogens is 238 g/mol. The molecule has 3 nitrogen and oxygen atoms in total. The molecule has 1 aromatic rings. The molecule has 3 heteroatoms. The van der Waals surface area contributed by atoms with Crippen molar-refractivity contribution in [1.82, 2.24) is 0 Å². The number of nitrogens with two attached hydrogens (primary N) is 1. The fourth-order valence-electron chi connectivity index (χ4n) is 2.96. The first-order valence-electron chi connectivity index (χ1n) is 7.22. The van der Waals surface area contributed by atoms with Gasteiger partial charge in [-0.1, -0.05) is 31.7 Å². The first-order valence-corrected chi connectivity index (χ1v) is 7.22. The van der Waals surface area contributed by atoms with Crippen LogP contribution in [0.25, 0.3) is 0 Å². The Balaban J connectivity index is 1.95. The van der Waals surface area contributed by atoms with Gasteiger partial charge in [0.25, 0.3) is 0 Å². The van der Waals surface area contributed by atoms with Crippen molar-refractivity contribution >= 4 is 0 Å². The van der Waals surface area contributed by atoms with E-state index in [1.165, 1.54) is 32.1 Å². The molecule has 0 bridgehead atoms. The number of hydrogen-bond acceptors (Lipinski definition) is 3. The highest BCUT2D eigenvalue weighted by molar-refractivity contribution is 5.43. The normalized spacial score (nSPS) is 17.4. The Kier molecular flexibility index (Phi) is 5.08. The third-order valence-electron chi connectivity index (χ3n) is 4.20. The minimum atomic E-state index is 0.0976. The molecule has 0 aliphatic heterocycles. The van der Waals surface area contributed by atoms with Gasteiger partial charge in [0.15, 0.2) is 11.5 Å². The SMILES string of the molecule is COc1ccc(C(N)CCC2CCCC2)cc1OC. The van der Waals surface area contributed by atoms with E-state index in [0.717, 1.165) is 29.4 Å². The van der Waals surface area contributed by atoms with E-state index >= 15 is 0 Å². The molecule has 0 heterocycles. The van der Waals surface area contributed by atoms with Gasteiger partial charge in [0.1, 0.15) is 0 Å². The number of ether oxygens (including phenoxy) is 2. The molecule has 0 spiro atoms. The summed E-state index contributed by atoms with van der Waals surface area (Å²) in [6.07, 6.45) is 7.87. The van der Waals surface area contributed by atoms with Crippen molar-refractivity contribution in [1.29, 1.82) is 0 Å². The largest absolute Gasteiger partial charge is 0.493 e. The van der Waals surface area contributed by atoms with Gasteiger partial charge in [0.05, 0.1) is 14.2 Å². The zero-order chi connectivity index (χ0) is 13.7. The van der Waals surface area contributed by atoms with Crippen LogP contribution in [0.1, 0.15) is 50.1 Å². The molecule has 1 saturated carbocycles. The Morgan fingerprint density at radius 1 is 1.16 bits per heavy atom. The van der Waals surface area contributed by atoms with Gasteiger partial charge in [-0.25, -0.2) is 0 Å². The number of hydrogen-bond donors (Lipinski definition) is 1. The monoisotopic (exact) mass is 263 g/mol. The van der Waals surface area contributed by atoms with Gasteiger partial charge in [0, 0.05) is 6.04 Å². The predicted molar refractivity (Wildman–Crippen MR) is 77.7 cm³/mol. The zero-order valence-corrected chi connectivity index (χ0v) is 12.0. The van der Waals surface area contributed by atoms with Crippen molar-refractivity contribution in [2.45, 2.75) is 44.6 Å². The highest BCUT2D eigenvalue weighted by Gasteiger charge is 2.17. The summed E-state index contributed by atoms with van der Waals surface area (Å²) < 4.78 is 10.6. The second kappa shape index (κ2) is 6.80. The fraction of sp³-hybridized carbons (Fsp3) is 0.625. The van der Waals surface area contributed by atoms with Crippen LogP contribution in [0.3, 0.4) is 0 Å². The predicted octanol–water partition coefficient (Wildman–Crippen LogP) is 3.67. The van der Waals surface area contributed by atoms with Crippen molar-refractivity contribution in [3.63, 3.8) is 0 Å². The molecule has 0 saturated heterocycles. The first-order chi connectivity index (χ1) is 9.24. The highest BCUT2D eigenvalue weighted by Crippen LogP contribution is 2.33. The Hall–Kier alpha value is -1.22. The van der Waals surface area contributed by atoms with Gasteiger partial charge in [0.2, 0.25) is 0 Å². The Morgan fingerprint density at radius 3 is 2.47 bits per heavy atom. The van der Waals surface area contributed by atoms with E-state index in [-0.39, 0.29) is 6.04 Å². The molecule has 106 valence electrons. The molecule has 19 heavy (non-hydrogen) atoms. The lowest BCUT2D eigenvalue weighted by Crippen LogP contribution is -2.12. The van der Waals surface area contributed by atoms with Crippen LogP contribution in [0.5, 0.6) is 11.5 Å². The second-order valence-electron chi connectivity index (χ2n) is 5.45. The summed E-state index contributed by atoms with van der Waals surface area (Å²) >= 11 is 0. The van der Waals surface area contributed by atoms with E-state index in [2.05, 4.69) is 0 Å². The summed E-state index contributed by atoms with van der Waals surface area (Å²) in [5.41, 5.74) is 7.43. The van der Waals surface area contributed by atoms with Crippen LogP contribution in [0.15, 0.2) is 18.2 Å². The van der Waals surface area contributed by atoms with Gasteiger partial charge >= 0.3 is 0 Å². The summed E-state index contributed by atoms with van der Waals surface area (Å²) in [5.74, 6) is 2.41. The fourth-order valence-corrected chi connectivity index (χ4v) is 2.96. The van der Waals surface area contributed by atoms with E-state index in [9.17, 15) is 0 Å². The van der Waals surface area contributed by atoms with Gasteiger partial charge in [-0.15, -0.1) is 0 Å². The van der Waals surface area contributed by atoms with Crippen molar-refractivity contribution in [3.05, 3.63) is 23.8 Å². The summed E-state index contributed by atoms with van der Waals surface area (Å²) in [7, 11) is 3.31. The molecule has 2 rings (SSSR count). The van der Waals surface area contributed by atoms with Crippen LogP contribution in [0.2, 0.25) is 0 Å². The Bertz CT molecular complexity index is 400. The molecule has 1 unspecified atom stereocenters. The zero-order valence-electron chi connectivity index (χ0n) is 12.0. The van der Waals surface area contributed by atoms with Gasteiger partial charge < -0.3 is 15.2 Å². The molecular formula is C16H25NO2. The summed E-state index contributed by atoms with van der Waals surface area (Å²) in [4.78, 5) is 0. The van der Waals surface area contributed by atoms with E-state index in [4.69, 9.17) is 15.2 Å². The summed E-state index contributed by atoms with van der Waals surface area (Å²) in [6, 6.07) is 6.07. The molecule has 0 aromatic heterocycles. The topological polar surface area (TPSA) is 44.5 Å². The van der Waals surface area contributed by atoms with Crippen LogP contribution in [0.4, 0.5) is 0 Å². The smallest absolute Gasteiger partial charge is 0.161 e. The van der Waals surface area contributed by atoms with Gasteiger partial charge in [-0.2, -0.15) is 0 Å². The van der Waals surface area contributed by atoms with Gasteiger partial charge in [-0.3, -0.25) is 0 Å². The van der Waals surface area contributed by atoms with Crippen LogP contribution < -0.4 is 15.2 Å². The maximum Gasteiger partial charge on any atom is 0.161 e. The third-order valence-corrected chi connectivity index (χ3v) is 4.20. The molecule has 0 amide bonds. The molecule has 1 fully saturated rings. The summed E-state index contributed by atoms with van der Waals surface area (Å²) in [6.45, 7) is 0. The first kappa shape index (κ1) is 14.2. The van der Waals surface area contributed by atoms with Crippen LogP contribution >= 0.6 is 0 Å². The maximum atomic E-state index is 6.29. The van der Waals surface area contributed by atoms with E-state index in [0.29, 0.717) is 0 Å². The third kappa shape index (κ3) is 3.63. The van der Waals surface area contributed by atoms with Crippen molar-refractivity contribution in [2.75, 3.05) is 14.2 Å². The van der Waals surface area contributed by atoms with Crippen LogP contribution in [-0.4, -0.2) is 14.2 Å². The Morgan fingerprint density at radius 2 is 1.84 bits per heavy atom. The standard InChI is InChI=1S/C16H25NO2/c1-18-15-10-8-13(11-16(15)19-2)14(17)9-7-12-5-3-4-6-12/h8,10-12,14H,3-7,9,17H2,1-2H3. The lowest BCUT2D eigenvalue weighted by atomic mass is 9.95. The molecule has 2 N–H and O–H groups in total. The number of benzene rings is 1. The minimum Gasteiger partial charge on any atom is -0.493 e. The van der Waals surface area contributed by atoms with Crippen molar-refractivity contribution in [2.24, 2.45) is 11.7 Å². The van der Waals surface area contributed by atoms with E-state index in [1.807, 2.05) is 18.2 Å². The van der Waals surface area contributed by atoms with Crippen molar-refractivity contribution in [3.8, 4) is 11.5 Å². The summed E-state index contributed by atoms with van der Waals surface area (Å²) in [5, 5.41) is 0. The lowest BCUT2D eigenvalue weighted by Gasteiger charge is -2.17. The Labute approximate surface area is 116 Å². The van der Waals surface area contributed by atoms with E-state index < -0.39 is 0 Å². The highest BCUT2D eigenvalue weighted by atomic mass is 16.5. The average molecular weight is 263 g/mol. The molecule has 1 aliphatic carbocycles. The van der Waals surface area contributed by atoms with Crippen LogP contribution in [0, 0.1) is 5.92 Å². The number of rotatable bonds is 6. The van der Waals surface area contributed by atoms with Crippen molar-refractivity contribution < 1.29 is 9.47 Å². The minimum absolute atomic E-state index is 0.0976. The lowest BCUT2D eigenvalue weighted by molar-refractivity contribution is 0.354. The molecule has 0 radical (unpaired) electrons. The maximum absolute atomic E-state index is 6.29. The molecule has 1 atom stereocenters.